The smallest absolute Gasteiger partial charge is 0.409 e. The minimum atomic E-state index is -4.44. The fourth-order valence-corrected chi connectivity index (χ4v) is 1.71. The Labute approximate surface area is 119 Å². The number of rotatable bonds is 4. The number of amides is 1. The highest BCUT2D eigenvalue weighted by molar-refractivity contribution is 5.94. The molecule has 1 amide bonds. The van der Waals surface area contributed by atoms with Crippen LogP contribution in [0.25, 0.3) is 0 Å². The molecular weight excluding hydrogens is 287 g/mol. The van der Waals surface area contributed by atoms with Crippen LogP contribution in [-0.2, 0) is 6.18 Å². The van der Waals surface area contributed by atoms with Crippen molar-refractivity contribution in [1.82, 2.24) is 4.90 Å². The minimum Gasteiger partial charge on any atom is -0.409 e. The molecule has 3 N–H and O–H groups in total. The first-order valence-corrected chi connectivity index (χ1v) is 6.07. The highest BCUT2D eigenvalue weighted by Crippen LogP contribution is 2.29. The zero-order chi connectivity index (χ0) is 16.2. The summed E-state index contributed by atoms with van der Waals surface area (Å²) in [6.45, 7) is 1.83. The van der Waals surface area contributed by atoms with Gasteiger partial charge in [0, 0.05) is 25.1 Å². The molecule has 0 aliphatic carbocycles. The fraction of sp³-hybridized carbons (Fsp3) is 0.385. The number of amidine groups is 1. The third kappa shape index (κ3) is 4.37. The number of nitrogens with zero attached hydrogens (tertiary/aromatic N) is 2. The second-order valence-corrected chi connectivity index (χ2v) is 4.69. The molecular formula is C13H16F3N3O2. The zero-order valence-electron chi connectivity index (χ0n) is 11.6. The monoisotopic (exact) mass is 303 g/mol. The van der Waals surface area contributed by atoms with Crippen molar-refractivity contribution in [3.05, 3.63) is 35.4 Å². The SMILES string of the molecule is CC(CN(C)C(=O)c1ccc(C(F)(F)F)cc1)C(N)=NO. The number of carbonyl (C=O) groups is 1. The van der Waals surface area contributed by atoms with Gasteiger partial charge < -0.3 is 15.8 Å². The summed E-state index contributed by atoms with van der Waals surface area (Å²) in [6.07, 6.45) is -4.44. The number of nitrogens with two attached hydrogens (primary N) is 1. The van der Waals surface area contributed by atoms with Gasteiger partial charge in [0.25, 0.3) is 5.91 Å². The molecule has 0 aromatic heterocycles. The molecule has 0 saturated carbocycles. The van der Waals surface area contributed by atoms with Crippen molar-refractivity contribution in [1.29, 1.82) is 0 Å². The lowest BCUT2D eigenvalue weighted by Crippen LogP contribution is -2.36. The first-order chi connectivity index (χ1) is 9.66. The van der Waals surface area contributed by atoms with Gasteiger partial charge in [-0.25, -0.2) is 0 Å². The fourth-order valence-electron chi connectivity index (χ4n) is 1.71. The van der Waals surface area contributed by atoms with Gasteiger partial charge in [-0.2, -0.15) is 13.2 Å². The van der Waals surface area contributed by atoms with E-state index in [9.17, 15) is 18.0 Å². The Morgan fingerprint density at radius 3 is 2.33 bits per heavy atom. The summed E-state index contributed by atoms with van der Waals surface area (Å²) in [6, 6.07) is 3.95. The van der Waals surface area contributed by atoms with Crippen LogP contribution in [0.15, 0.2) is 29.4 Å². The molecule has 0 aliphatic heterocycles. The molecule has 1 unspecified atom stereocenters. The molecule has 0 spiro atoms. The summed E-state index contributed by atoms with van der Waals surface area (Å²) < 4.78 is 37.3. The summed E-state index contributed by atoms with van der Waals surface area (Å²) in [5.41, 5.74) is 4.73. The largest absolute Gasteiger partial charge is 0.416 e. The van der Waals surface area contributed by atoms with Crippen LogP contribution in [0.2, 0.25) is 0 Å². The third-order valence-corrected chi connectivity index (χ3v) is 2.97. The van der Waals surface area contributed by atoms with Crippen LogP contribution in [0.1, 0.15) is 22.8 Å². The molecule has 0 saturated heterocycles. The predicted molar refractivity (Wildman–Crippen MR) is 71.0 cm³/mol. The van der Waals surface area contributed by atoms with E-state index in [0.717, 1.165) is 24.3 Å². The van der Waals surface area contributed by atoms with E-state index in [4.69, 9.17) is 10.9 Å². The van der Waals surface area contributed by atoms with Gasteiger partial charge in [-0.3, -0.25) is 4.79 Å². The van der Waals surface area contributed by atoms with Crippen LogP contribution < -0.4 is 5.73 Å². The van der Waals surface area contributed by atoms with Crippen molar-refractivity contribution in [2.45, 2.75) is 13.1 Å². The molecule has 1 atom stereocenters. The zero-order valence-corrected chi connectivity index (χ0v) is 11.6. The van der Waals surface area contributed by atoms with Gasteiger partial charge in [-0.05, 0) is 24.3 Å². The normalized spacial score (nSPS) is 13.9. The number of oxime groups is 1. The molecule has 1 rings (SSSR count). The third-order valence-electron chi connectivity index (χ3n) is 2.97. The predicted octanol–water partition coefficient (Wildman–Crippen LogP) is 2.16. The first-order valence-electron chi connectivity index (χ1n) is 6.07. The number of halogens is 3. The van der Waals surface area contributed by atoms with E-state index in [-0.39, 0.29) is 23.9 Å². The maximum absolute atomic E-state index is 12.4. The molecule has 0 heterocycles. The van der Waals surface area contributed by atoms with E-state index in [1.807, 2.05) is 0 Å². The summed E-state index contributed by atoms with van der Waals surface area (Å²) in [7, 11) is 1.49. The van der Waals surface area contributed by atoms with Crippen molar-refractivity contribution in [2.75, 3.05) is 13.6 Å². The van der Waals surface area contributed by atoms with E-state index >= 15 is 0 Å². The number of hydrogen-bond donors (Lipinski definition) is 2. The van der Waals surface area contributed by atoms with Gasteiger partial charge in [0.2, 0.25) is 0 Å². The number of alkyl halides is 3. The number of benzene rings is 1. The average Bonchev–Trinajstić information content (AvgIpc) is 2.44. The topological polar surface area (TPSA) is 78.9 Å². The Morgan fingerprint density at radius 1 is 1.38 bits per heavy atom. The van der Waals surface area contributed by atoms with Gasteiger partial charge in [0.1, 0.15) is 5.84 Å². The van der Waals surface area contributed by atoms with Crippen LogP contribution >= 0.6 is 0 Å². The molecule has 0 radical (unpaired) electrons. The van der Waals surface area contributed by atoms with Gasteiger partial charge in [-0.15, -0.1) is 0 Å². The van der Waals surface area contributed by atoms with Crippen molar-refractivity contribution in [3.8, 4) is 0 Å². The molecule has 0 fully saturated rings. The quantitative estimate of drug-likeness (QED) is 0.387. The summed E-state index contributed by atoms with van der Waals surface area (Å²) >= 11 is 0. The van der Waals surface area contributed by atoms with Crippen LogP contribution in [-0.4, -0.2) is 35.4 Å². The Balaban J connectivity index is 2.79. The molecule has 8 heteroatoms. The van der Waals surface area contributed by atoms with Gasteiger partial charge in [-0.1, -0.05) is 12.1 Å². The van der Waals surface area contributed by atoms with E-state index in [1.54, 1.807) is 6.92 Å². The summed E-state index contributed by atoms with van der Waals surface area (Å²) in [5, 5.41) is 11.4. The van der Waals surface area contributed by atoms with Crippen LogP contribution in [0.3, 0.4) is 0 Å². The Morgan fingerprint density at radius 2 is 1.90 bits per heavy atom. The molecule has 116 valence electrons. The Bertz CT molecular complexity index is 526. The van der Waals surface area contributed by atoms with Gasteiger partial charge in [0.15, 0.2) is 0 Å². The van der Waals surface area contributed by atoms with Crippen molar-refractivity contribution in [2.24, 2.45) is 16.8 Å². The second kappa shape index (κ2) is 6.47. The molecule has 0 aliphatic rings. The minimum absolute atomic E-state index is 0.0259. The lowest BCUT2D eigenvalue weighted by molar-refractivity contribution is -0.137. The van der Waals surface area contributed by atoms with Crippen molar-refractivity contribution < 1.29 is 23.2 Å². The van der Waals surface area contributed by atoms with Crippen molar-refractivity contribution in [3.63, 3.8) is 0 Å². The first kappa shape index (κ1) is 16.8. The highest BCUT2D eigenvalue weighted by atomic mass is 19.4. The van der Waals surface area contributed by atoms with Crippen LogP contribution in [0.5, 0.6) is 0 Å². The number of carbonyl (C=O) groups excluding carboxylic acids is 1. The second-order valence-electron chi connectivity index (χ2n) is 4.69. The lowest BCUT2D eigenvalue weighted by atomic mass is 10.1. The summed E-state index contributed by atoms with van der Waals surface area (Å²) in [5.74, 6) is -0.846. The van der Waals surface area contributed by atoms with E-state index in [2.05, 4.69) is 5.16 Å². The lowest BCUT2D eigenvalue weighted by Gasteiger charge is -2.21. The van der Waals surface area contributed by atoms with Crippen molar-refractivity contribution >= 4 is 11.7 Å². The summed E-state index contributed by atoms with van der Waals surface area (Å²) in [4.78, 5) is 13.4. The molecule has 0 bridgehead atoms. The van der Waals surface area contributed by atoms with Gasteiger partial charge >= 0.3 is 6.18 Å². The maximum Gasteiger partial charge on any atom is 0.416 e. The maximum atomic E-state index is 12.4. The van der Waals surface area contributed by atoms with E-state index in [1.165, 1.54) is 11.9 Å². The molecule has 21 heavy (non-hydrogen) atoms. The molecule has 1 aromatic carbocycles. The Kier molecular flexibility index (Phi) is 5.17. The van der Waals surface area contributed by atoms with Crippen LogP contribution in [0.4, 0.5) is 13.2 Å². The van der Waals surface area contributed by atoms with Gasteiger partial charge in [0.05, 0.1) is 5.56 Å². The van der Waals surface area contributed by atoms with Crippen LogP contribution in [0, 0.1) is 5.92 Å². The average molecular weight is 303 g/mol. The van der Waals surface area contributed by atoms with E-state index in [0.29, 0.717) is 0 Å². The molecule has 5 nitrogen and oxygen atoms in total. The number of hydrogen-bond acceptors (Lipinski definition) is 3. The Hall–Kier alpha value is -2.25. The highest BCUT2D eigenvalue weighted by Gasteiger charge is 2.30. The van der Waals surface area contributed by atoms with E-state index < -0.39 is 17.6 Å². The molecule has 1 aromatic rings. The standard InChI is InChI=1S/C13H16F3N3O2/c1-8(11(17)18-21)7-19(2)12(20)9-3-5-10(6-4-9)13(14,15)16/h3-6,8,21H,7H2,1-2H3,(H2,17,18).